The Bertz CT molecular complexity index is 964. The van der Waals surface area contributed by atoms with Crippen molar-refractivity contribution in [3.05, 3.63) is 52.2 Å². The minimum Gasteiger partial charge on any atom is -0.368 e. The van der Waals surface area contributed by atoms with Gasteiger partial charge in [-0.15, -0.1) is 0 Å². The van der Waals surface area contributed by atoms with E-state index >= 15 is 0 Å². The number of benzene rings is 1. The van der Waals surface area contributed by atoms with Crippen LogP contribution in [0, 0.1) is 6.92 Å². The van der Waals surface area contributed by atoms with Gasteiger partial charge in [-0.3, -0.25) is 4.79 Å². The molecule has 128 valence electrons. The number of carbonyl (C=O) groups is 1. The van der Waals surface area contributed by atoms with Crippen molar-refractivity contribution in [3.8, 4) is 22.6 Å². The first-order valence-corrected chi connectivity index (χ1v) is 8.20. The van der Waals surface area contributed by atoms with E-state index in [1.165, 1.54) is 0 Å². The summed E-state index contributed by atoms with van der Waals surface area (Å²) in [7, 11) is 0. The van der Waals surface area contributed by atoms with Crippen LogP contribution in [0.15, 0.2) is 30.5 Å². The van der Waals surface area contributed by atoms with E-state index < -0.39 is 5.91 Å². The van der Waals surface area contributed by atoms with E-state index in [1.54, 1.807) is 18.3 Å². The van der Waals surface area contributed by atoms with E-state index in [2.05, 4.69) is 15.0 Å². The number of nitrogens with one attached hydrogen (secondary N) is 1. The molecule has 0 bridgehead atoms. The first-order chi connectivity index (χ1) is 11.9. The molecule has 7 heteroatoms. The number of halogens is 1. The lowest BCUT2D eigenvalue weighted by Crippen LogP contribution is -2.13. The number of amides is 1. The number of aromatic amines is 1. The Morgan fingerprint density at radius 1 is 1.28 bits per heavy atom. The molecule has 0 spiro atoms. The summed E-state index contributed by atoms with van der Waals surface area (Å²) in [6, 6.07) is 7.25. The van der Waals surface area contributed by atoms with Crippen LogP contribution in [0.3, 0.4) is 0 Å². The van der Waals surface area contributed by atoms with Gasteiger partial charge in [-0.25, -0.2) is 9.97 Å². The maximum absolute atomic E-state index is 12.2. The highest BCUT2D eigenvalue weighted by Crippen LogP contribution is 2.35. The molecule has 5 N–H and O–H groups in total. The van der Waals surface area contributed by atoms with Crippen LogP contribution in [0.1, 0.15) is 28.4 Å². The lowest BCUT2D eigenvalue weighted by atomic mass is 9.98. The van der Waals surface area contributed by atoms with Gasteiger partial charge in [-0.1, -0.05) is 24.6 Å². The van der Waals surface area contributed by atoms with Gasteiger partial charge in [0.25, 0.3) is 5.91 Å². The van der Waals surface area contributed by atoms with Crippen molar-refractivity contribution in [1.82, 2.24) is 15.0 Å². The number of hydrogen-bond acceptors (Lipinski definition) is 4. The molecule has 0 saturated carbocycles. The van der Waals surface area contributed by atoms with Crippen LogP contribution in [-0.2, 0) is 6.42 Å². The van der Waals surface area contributed by atoms with Crippen molar-refractivity contribution in [1.29, 1.82) is 0 Å². The molecule has 2 heterocycles. The van der Waals surface area contributed by atoms with Crippen molar-refractivity contribution in [3.63, 3.8) is 0 Å². The number of anilines is 1. The van der Waals surface area contributed by atoms with Gasteiger partial charge in [0.05, 0.1) is 22.6 Å². The average Bonchev–Trinajstić information content (AvgIpc) is 2.96. The smallest absolute Gasteiger partial charge is 0.251 e. The van der Waals surface area contributed by atoms with Crippen LogP contribution >= 0.6 is 11.6 Å². The summed E-state index contributed by atoms with van der Waals surface area (Å²) in [4.78, 5) is 23.7. The Labute approximate surface area is 150 Å². The summed E-state index contributed by atoms with van der Waals surface area (Å²) in [5.41, 5.74) is 16.4. The first kappa shape index (κ1) is 17.0. The topological polar surface area (TPSA) is 111 Å². The molecule has 0 aliphatic heterocycles. The third kappa shape index (κ3) is 3.08. The van der Waals surface area contributed by atoms with Gasteiger partial charge in [0.15, 0.2) is 0 Å². The van der Waals surface area contributed by atoms with Gasteiger partial charge >= 0.3 is 0 Å². The first-order valence-electron chi connectivity index (χ1n) is 7.82. The van der Waals surface area contributed by atoms with Gasteiger partial charge in [-0.05, 0) is 42.7 Å². The summed E-state index contributed by atoms with van der Waals surface area (Å²) in [5.74, 6) is -0.342. The minimum atomic E-state index is -0.504. The predicted octanol–water partition coefficient (Wildman–Crippen LogP) is 3.34. The van der Waals surface area contributed by atoms with Crippen molar-refractivity contribution in [2.45, 2.75) is 20.3 Å². The lowest BCUT2D eigenvalue weighted by Gasteiger charge is -2.07. The summed E-state index contributed by atoms with van der Waals surface area (Å²) >= 11 is 6.15. The summed E-state index contributed by atoms with van der Waals surface area (Å²) < 4.78 is 0. The monoisotopic (exact) mass is 355 g/mol. The Morgan fingerprint density at radius 3 is 2.68 bits per heavy atom. The molecule has 3 aromatic rings. The number of aryl methyl sites for hydroxylation is 1. The maximum atomic E-state index is 12.2. The minimum absolute atomic E-state index is 0.162. The van der Waals surface area contributed by atoms with Gasteiger partial charge in [0.1, 0.15) is 0 Å². The number of rotatable bonds is 4. The zero-order valence-electron chi connectivity index (χ0n) is 13.9. The molecule has 1 aromatic carbocycles. The number of primary amides is 1. The molecule has 0 radical (unpaired) electrons. The standard InChI is InChI=1S/C18H18ClN5O/c1-3-11-14(17(20)25)16(12-8-10(19)5-4-9(12)2)24-15(11)13-6-7-22-18(21)23-13/h4-8,24H,3H2,1-2H3,(H2,20,25)(H2,21,22,23). The molecule has 0 unspecified atom stereocenters. The van der Waals surface area contributed by atoms with E-state index in [0.29, 0.717) is 34.1 Å². The van der Waals surface area contributed by atoms with E-state index in [-0.39, 0.29) is 5.95 Å². The fraction of sp³-hybridized carbons (Fsp3) is 0.167. The van der Waals surface area contributed by atoms with E-state index in [9.17, 15) is 4.79 Å². The molecule has 0 fully saturated rings. The zero-order valence-corrected chi connectivity index (χ0v) is 14.7. The molecular weight excluding hydrogens is 338 g/mol. The number of nitrogens with two attached hydrogens (primary N) is 2. The Kier molecular flexibility index (Phi) is 4.46. The fourth-order valence-corrected chi connectivity index (χ4v) is 3.13. The van der Waals surface area contributed by atoms with E-state index in [4.69, 9.17) is 23.1 Å². The van der Waals surface area contributed by atoms with Crippen molar-refractivity contribution >= 4 is 23.5 Å². The third-order valence-electron chi connectivity index (χ3n) is 4.10. The third-order valence-corrected chi connectivity index (χ3v) is 4.34. The van der Waals surface area contributed by atoms with Crippen LogP contribution < -0.4 is 11.5 Å². The molecule has 0 aliphatic rings. The Balaban J connectivity index is 2.33. The molecule has 0 saturated heterocycles. The number of nitrogen functional groups attached to an aromatic ring is 1. The van der Waals surface area contributed by atoms with Crippen LogP contribution in [0.4, 0.5) is 5.95 Å². The molecule has 0 atom stereocenters. The second-order valence-corrected chi connectivity index (χ2v) is 6.14. The van der Waals surface area contributed by atoms with Gasteiger partial charge < -0.3 is 16.5 Å². The lowest BCUT2D eigenvalue weighted by molar-refractivity contribution is 0.100. The molecule has 1 amide bonds. The van der Waals surface area contributed by atoms with Crippen LogP contribution in [-0.4, -0.2) is 20.9 Å². The normalized spacial score (nSPS) is 10.8. The van der Waals surface area contributed by atoms with Gasteiger partial charge in [0.2, 0.25) is 5.95 Å². The molecule has 25 heavy (non-hydrogen) atoms. The van der Waals surface area contributed by atoms with Crippen molar-refractivity contribution in [2.75, 3.05) is 5.73 Å². The zero-order chi connectivity index (χ0) is 18.1. The summed E-state index contributed by atoms with van der Waals surface area (Å²) in [6.07, 6.45) is 2.18. The number of H-pyrrole nitrogens is 1. The SMILES string of the molecule is CCc1c(-c2ccnc(N)n2)[nH]c(-c2cc(Cl)ccc2C)c1C(N)=O. The number of hydrogen-bond donors (Lipinski definition) is 3. The number of carbonyl (C=O) groups excluding carboxylic acids is 1. The van der Waals surface area contributed by atoms with Gasteiger partial charge in [0, 0.05) is 16.8 Å². The summed E-state index contributed by atoms with van der Waals surface area (Å²) in [5, 5.41) is 0.580. The molecule has 6 nitrogen and oxygen atoms in total. The summed E-state index contributed by atoms with van der Waals surface area (Å²) in [6.45, 7) is 3.91. The van der Waals surface area contributed by atoms with Crippen LogP contribution in [0.25, 0.3) is 22.6 Å². The highest BCUT2D eigenvalue weighted by atomic mass is 35.5. The molecule has 0 aliphatic carbocycles. The second-order valence-electron chi connectivity index (χ2n) is 5.71. The second kappa shape index (κ2) is 6.57. The van der Waals surface area contributed by atoms with Crippen LogP contribution in [0.5, 0.6) is 0 Å². The highest BCUT2D eigenvalue weighted by Gasteiger charge is 2.24. The largest absolute Gasteiger partial charge is 0.368 e. The number of aromatic nitrogens is 3. The molecule has 2 aromatic heterocycles. The van der Waals surface area contributed by atoms with Gasteiger partial charge in [-0.2, -0.15) is 0 Å². The van der Waals surface area contributed by atoms with E-state index in [1.807, 2.05) is 26.0 Å². The maximum Gasteiger partial charge on any atom is 0.251 e. The predicted molar refractivity (Wildman–Crippen MR) is 99.3 cm³/mol. The molecule has 3 rings (SSSR count). The average molecular weight is 356 g/mol. The molecular formula is C18H18ClN5O. The number of nitrogens with zero attached hydrogens (tertiary/aromatic N) is 2. The Morgan fingerprint density at radius 2 is 2.04 bits per heavy atom. The quantitative estimate of drug-likeness (QED) is 0.666. The highest BCUT2D eigenvalue weighted by molar-refractivity contribution is 6.31. The van der Waals surface area contributed by atoms with Crippen molar-refractivity contribution < 1.29 is 4.79 Å². The van der Waals surface area contributed by atoms with Crippen LogP contribution in [0.2, 0.25) is 5.02 Å². The fourth-order valence-electron chi connectivity index (χ4n) is 2.96. The van der Waals surface area contributed by atoms with Crippen molar-refractivity contribution in [2.24, 2.45) is 5.73 Å². The van der Waals surface area contributed by atoms with E-state index in [0.717, 1.165) is 16.7 Å². The Hall–Kier alpha value is -2.86.